The van der Waals surface area contributed by atoms with Gasteiger partial charge in [-0.15, -0.1) is 0 Å². The summed E-state index contributed by atoms with van der Waals surface area (Å²) in [5, 5.41) is 1.26. The lowest BCUT2D eigenvalue weighted by Gasteiger charge is -2.17. The van der Waals surface area contributed by atoms with Crippen molar-refractivity contribution < 1.29 is 0 Å². The fourth-order valence-electron chi connectivity index (χ4n) is 3.32. The topological polar surface area (TPSA) is 15.8 Å². The van der Waals surface area contributed by atoms with Gasteiger partial charge in [0.15, 0.2) is 0 Å². The van der Waals surface area contributed by atoms with Crippen molar-refractivity contribution in [1.29, 1.82) is 0 Å². The van der Waals surface area contributed by atoms with E-state index < -0.39 is 0 Å². The van der Waals surface area contributed by atoms with E-state index >= 15 is 0 Å². The van der Waals surface area contributed by atoms with Crippen molar-refractivity contribution in [1.82, 2.24) is 4.98 Å². The molecule has 0 aliphatic rings. The molecule has 1 N–H and O–H groups in total. The van der Waals surface area contributed by atoms with Crippen molar-refractivity contribution >= 4 is 10.9 Å². The second kappa shape index (κ2) is 6.01. The molecule has 24 heavy (non-hydrogen) atoms. The molecule has 1 heteroatoms. The van der Waals surface area contributed by atoms with Gasteiger partial charge in [-0.1, -0.05) is 77.9 Å². The molecule has 0 saturated carbocycles. The zero-order valence-electron chi connectivity index (χ0n) is 14.1. The van der Waals surface area contributed by atoms with E-state index in [1.54, 1.807) is 0 Å². The van der Waals surface area contributed by atoms with Crippen LogP contribution in [0.4, 0.5) is 0 Å². The monoisotopic (exact) mass is 311 g/mol. The summed E-state index contributed by atoms with van der Waals surface area (Å²) in [5.74, 6) is 0.221. The highest BCUT2D eigenvalue weighted by molar-refractivity contribution is 5.80. The fraction of sp³-hybridized carbons (Fsp3) is 0.130. The molecule has 4 rings (SSSR count). The average molecular weight is 311 g/mol. The smallest absolute Gasteiger partial charge is 0.0491 e. The van der Waals surface area contributed by atoms with Crippen LogP contribution in [0.5, 0.6) is 0 Å². The minimum absolute atomic E-state index is 0.221. The summed E-state index contributed by atoms with van der Waals surface area (Å²) in [4.78, 5) is 3.62. The minimum Gasteiger partial charge on any atom is -0.358 e. The van der Waals surface area contributed by atoms with Crippen LogP contribution in [0.25, 0.3) is 10.9 Å². The number of aryl methyl sites for hydroxylation is 2. The maximum Gasteiger partial charge on any atom is 0.0491 e. The Labute approximate surface area is 143 Å². The zero-order chi connectivity index (χ0) is 16.5. The number of aromatic nitrogens is 1. The Morgan fingerprint density at radius 1 is 0.667 bits per heavy atom. The van der Waals surface area contributed by atoms with E-state index in [1.165, 1.54) is 38.9 Å². The Morgan fingerprint density at radius 2 is 1.21 bits per heavy atom. The molecule has 3 aromatic carbocycles. The molecule has 0 radical (unpaired) electrons. The van der Waals surface area contributed by atoms with Gasteiger partial charge in [-0.25, -0.2) is 0 Å². The summed E-state index contributed by atoms with van der Waals surface area (Å²) in [6, 6.07) is 28.5. The maximum absolute atomic E-state index is 3.62. The highest BCUT2D eigenvalue weighted by atomic mass is 14.7. The predicted octanol–water partition coefficient (Wildman–Crippen LogP) is 5.96. The zero-order valence-corrected chi connectivity index (χ0v) is 14.1. The Balaban J connectivity index is 1.88. The van der Waals surface area contributed by atoms with Crippen LogP contribution in [0.1, 0.15) is 33.9 Å². The summed E-state index contributed by atoms with van der Waals surface area (Å²) in [5.41, 5.74) is 7.64. The Kier molecular flexibility index (Phi) is 3.70. The Bertz CT molecular complexity index is 881. The number of hydrogen-bond donors (Lipinski definition) is 1. The van der Waals surface area contributed by atoms with E-state index in [1.807, 2.05) is 0 Å². The van der Waals surface area contributed by atoms with Gasteiger partial charge in [0.25, 0.3) is 0 Å². The lowest BCUT2D eigenvalue weighted by atomic mass is 9.88. The predicted molar refractivity (Wildman–Crippen MR) is 102 cm³/mol. The van der Waals surface area contributed by atoms with Crippen LogP contribution >= 0.6 is 0 Å². The summed E-state index contributed by atoms with van der Waals surface area (Å²) in [6.07, 6.45) is 0. The van der Waals surface area contributed by atoms with Gasteiger partial charge in [0.2, 0.25) is 0 Å². The van der Waals surface area contributed by atoms with Crippen LogP contribution in [0, 0.1) is 13.8 Å². The van der Waals surface area contributed by atoms with Crippen molar-refractivity contribution in [2.24, 2.45) is 0 Å². The molecule has 0 amide bonds. The molecular formula is C23H21N. The SMILES string of the molecule is Cc1ccc(C(c2ccc(C)cc2)c2cc3ccccc3[nH]2)cc1. The fourth-order valence-corrected chi connectivity index (χ4v) is 3.32. The lowest BCUT2D eigenvalue weighted by molar-refractivity contribution is 0.937. The summed E-state index contributed by atoms with van der Waals surface area (Å²) in [7, 11) is 0. The van der Waals surface area contributed by atoms with E-state index in [2.05, 4.69) is 97.7 Å². The molecule has 0 fully saturated rings. The summed E-state index contributed by atoms with van der Waals surface area (Å²) in [6.45, 7) is 4.27. The van der Waals surface area contributed by atoms with Gasteiger partial charge >= 0.3 is 0 Å². The molecule has 0 saturated heterocycles. The molecule has 1 nitrogen and oxygen atoms in total. The third-order valence-electron chi connectivity index (χ3n) is 4.68. The molecular weight excluding hydrogens is 290 g/mol. The van der Waals surface area contributed by atoms with Gasteiger partial charge in [-0.3, -0.25) is 0 Å². The van der Waals surface area contributed by atoms with Crippen LogP contribution in [-0.4, -0.2) is 4.98 Å². The molecule has 0 spiro atoms. The van der Waals surface area contributed by atoms with Crippen LogP contribution in [0.2, 0.25) is 0 Å². The first-order valence-electron chi connectivity index (χ1n) is 8.41. The standard InChI is InChI=1S/C23H21N/c1-16-7-11-18(12-8-16)23(19-13-9-17(2)10-14-19)22-15-20-5-3-4-6-21(20)24-22/h3-15,23-24H,1-2H3. The normalized spacial score (nSPS) is 11.3. The summed E-state index contributed by atoms with van der Waals surface area (Å²) < 4.78 is 0. The Morgan fingerprint density at radius 3 is 1.75 bits per heavy atom. The van der Waals surface area contributed by atoms with E-state index in [0.717, 1.165) is 0 Å². The van der Waals surface area contributed by atoms with E-state index in [4.69, 9.17) is 0 Å². The number of fused-ring (bicyclic) bond motifs is 1. The van der Waals surface area contributed by atoms with Crippen LogP contribution in [0.3, 0.4) is 0 Å². The number of para-hydroxylation sites is 1. The number of hydrogen-bond acceptors (Lipinski definition) is 0. The molecule has 0 atom stereocenters. The molecule has 118 valence electrons. The van der Waals surface area contributed by atoms with Gasteiger partial charge < -0.3 is 4.98 Å². The van der Waals surface area contributed by atoms with Crippen LogP contribution < -0.4 is 0 Å². The number of H-pyrrole nitrogens is 1. The first kappa shape index (κ1) is 14.8. The van der Waals surface area contributed by atoms with Gasteiger partial charge in [0.1, 0.15) is 0 Å². The van der Waals surface area contributed by atoms with Crippen molar-refractivity contribution in [3.05, 3.63) is 107 Å². The van der Waals surface area contributed by atoms with Crippen molar-refractivity contribution in [3.63, 3.8) is 0 Å². The van der Waals surface area contributed by atoms with Crippen molar-refractivity contribution in [3.8, 4) is 0 Å². The van der Waals surface area contributed by atoms with E-state index in [0.29, 0.717) is 0 Å². The molecule has 0 aliphatic carbocycles. The molecule has 1 heterocycles. The lowest BCUT2D eigenvalue weighted by Crippen LogP contribution is -2.04. The highest BCUT2D eigenvalue weighted by Gasteiger charge is 2.18. The van der Waals surface area contributed by atoms with Crippen LogP contribution in [0.15, 0.2) is 78.9 Å². The first-order chi connectivity index (χ1) is 11.7. The summed E-state index contributed by atoms with van der Waals surface area (Å²) >= 11 is 0. The largest absolute Gasteiger partial charge is 0.358 e. The first-order valence-corrected chi connectivity index (χ1v) is 8.41. The molecule has 4 aromatic rings. The molecule has 0 bridgehead atoms. The van der Waals surface area contributed by atoms with Gasteiger partial charge in [0, 0.05) is 17.1 Å². The van der Waals surface area contributed by atoms with Gasteiger partial charge in [0.05, 0.1) is 0 Å². The molecule has 0 aliphatic heterocycles. The second-order valence-electron chi connectivity index (χ2n) is 6.57. The number of aromatic amines is 1. The number of nitrogens with one attached hydrogen (secondary N) is 1. The minimum atomic E-state index is 0.221. The maximum atomic E-state index is 3.62. The van der Waals surface area contributed by atoms with E-state index in [-0.39, 0.29) is 5.92 Å². The van der Waals surface area contributed by atoms with Crippen molar-refractivity contribution in [2.45, 2.75) is 19.8 Å². The van der Waals surface area contributed by atoms with Crippen molar-refractivity contribution in [2.75, 3.05) is 0 Å². The highest BCUT2D eigenvalue weighted by Crippen LogP contribution is 2.33. The quantitative estimate of drug-likeness (QED) is 0.480. The Hall–Kier alpha value is -2.80. The van der Waals surface area contributed by atoms with Crippen LogP contribution in [-0.2, 0) is 0 Å². The van der Waals surface area contributed by atoms with Gasteiger partial charge in [-0.2, -0.15) is 0 Å². The van der Waals surface area contributed by atoms with E-state index in [9.17, 15) is 0 Å². The average Bonchev–Trinajstić information content (AvgIpc) is 3.02. The molecule has 0 unspecified atom stereocenters. The number of benzene rings is 3. The van der Waals surface area contributed by atoms with Gasteiger partial charge in [-0.05, 0) is 42.5 Å². The molecule has 1 aromatic heterocycles. The number of rotatable bonds is 3. The third-order valence-corrected chi connectivity index (χ3v) is 4.68. The second-order valence-corrected chi connectivity index (χ2v) is 6.57. The third kappa shape index (κ3) is 2.74.